The molecule has 2 N–H and O–H groups in total. The molecule has 0 aliphatic carbocycles. The highest BCUT2D eigenvalue weighted by Gasteiger charge is 2.21. The summed E-state index contributed by atoms with van der Waals surface area (Å²) in [5, 5.41) is 6.05. The molecule has 1 aliphatic heterocycles. The van der Waals surface area contributed by atoms with Crippen molar-refractivity contribution in [3.8, 4) is 17.0 Å². The van der Waals surface area contributed by atoms with Crippen LogP contribution < -0.4 is 15.4 Å². The van der Waals surface area contributed by atoms with Gasteiger partial charge in [0, 0.05) is 17.5 Å². The van der Waals surface area contributed by atoms with Crippen LogP contribution in [0.5, 0.6) is 5.75 Å². The van der Waals surface area contributed by atoms with Crippen molar-refractivity contribution in [3.63, 3.8) is 0 Å². The molecule has 1 amide bonds. The van der Waals surface area contributed by atoms with Crippen molar-refractivity contribution >= 4 is 11.7 Å². The Morgan fingerprint density at radius 3 is 2.83 bits per heavy atom. The molecule has 126 valence electrons. The third-order valence-electron chi connectivity index (χ3n) is 4.07. The molecule has 1 saturated heterocycles. The van der Waals surface area contributed by atoms with Crippen LogP contribution in [0, 0.1) is 11.7 Å². The van der Waals surface area contributed by atoms with E-state index in [1.165, 1.54) is 25.6 Å². The average molecular weight is 330 g/mol. The van der Waals surface area contributed by atoms with Gasteiger partial charge >= 0.3 is 0 Å². The first-order chi connectivity index (χ1) is 11.7. The fourth-order valence-electron chi connectivity index (χ4n) is 2.77. The van der Waals surface area contributed by atoms with Crippen LogP contribution >= 0.6 is 0 Å². The van der Waals surface area contributed by atoms with Gasteiger partial charge in [0.05, 0.1) is 12.8 Å². The Balaban J connectivity index is 1.81. The SMILES string of the molecule is COc1ccc(F)cc1-c1cc(NC(=O)C2CCNCC2)ncn1. The summed E-state index contributed by atoms with van der Waals surface area (Å²) in [5.41, 5.74) is 0.999. The largest absolute Gasteiger partial charge is 0.496 e. The number of amides is 1. The highest BCUT2D eigenvalue weighted by atomic mass is 19.1. The average Bonchev–Trinajstić information content (AvgIpc) is 2.62. The molecule has 0 saturated carbocycles. The Kier molecular flexibility index (Phi) is 5.00. The van der Waals surface area contributed by atoms with E-state index in [0.29, 0.717) is 22.8 Å². The molecule has 0 atom stereocenters. The minimum atomic E-state index is -0.385. The number of nitrogens with zero attached hydrogens (tertiary/aromatic N) is 2. The van der Waals surface area contributed by atoms with Gasteiger partial charge in [-0.1, -0.05) is 0 Å². The summed E-state index contributed by atoms with van der Waals surface area (Å²) in [6.45, 7) is 1.68. The number of piperidine rings is 1. The standard InChI is InChI=1S/C17H19FN4O2/c1-24-15-3-2-12(18)8-13(15)14-9-16(21-10-20-14)22-17(23)11-4-6-19-7-5-11/h2-3,8-11,19H,4-7H2,1H3,(H,20,21,22,23). The van der Waals surface area contributed by atoms with E-state index in [1.807, 2.05) is 0 Å². The lowest BCUT2D eigenvalue weighted by atomic mass is 9.97. The molecular weight excluding hydrogens is 311 g/mol. The number of nitrogens with one attached hydrogen (secondary N) is 2. The molecule has 0 unspecified atom stereocenters. The van der Waals surface area contributed by atoms with Crippen LogP contribution in [0.1, 0.15) is 12.8 Å². The Bertz CT molecular complexity index is 732. The van der Waals surface area contributed by atoms with E-state index in [0.717, 1.165) is 25.9 Å². The normalized spacial score (nSPS) is 15.1. The maximum atomic E-state index is 13.5. The van der Waals surface area contributed by atoms with E-state index < -0.39 is 0 Å². The summed E-state index contributed by atoms with van der Waals surface area (Å²) in [5.74, 6) is 0.450. The highest BCUT2D eigenvalue weighted by Crippen LogP contribution is 2.30. The molecule has 1 aliphatic rings. The number of aromatic nitrogens is 2. The number of methoxy groups -OCH3 is 1. The Morgan fingerprint density at radius 1 is 1.29 bits per heavy atom. The van der Waals surface area contributed by atoms with Gasteiger partial charge in [0.1, 0.15) is 23.7 Å². The van der Waals surface area contributed by atoms with Crippen LogP contribution in [0.2, 0.25) is 0 Å². The molecule has 0 bridgehead atoms. The maximum absolute atomic E-state index is 13.5. The van der Waals surface area contributed by atoms with Crippen molar-refractivity contribution in [2.75, 3.05) is 25.5 Å². The van der Waals surface area contributed by atoms with Crippen molar-refractivity contribution in [1.29, 1.82) is 0 Å². The van der Waals surface area contributed by atoms with Gasteiger partial charge < -0.3 is 15.4 Å². The monoisotopic (exact) mass is 330 g/mol. The predicted octanol–water partition coefficient (Wildman–Crippen LogP) is 2.23. The molecule has 0 spiro atoms. The van der Waals surface area contributed by atoms with Crippen molar-refractivity contribution < 1.29 is 13.9 Å². The van der Waals surface area contributed by atoms with Crippen LogP contribution in [-0.4, -0.2) is 36.1 Å². The first kappa shape index (κ1) is 16.3. The minimum absolute atomic E-state index is 0.0200. The van der Waals surface area contributed by atoms with Crippen LogP contribution in [0.25, 0.3) is 11.3 Å². The number of carbonyl (C=O) groups is 1. The van der Waals surface area contributed by atoms with Gasteiger partial charge in [0.25, 0.3) is 0 Å². The van der Waals surface area contributed by atoms with E-state index in [1.54, 1.807) is 12.1 Å². The van der Waals surface area contributed by atoms with Crippen molar-refractivity contribution in [2.45, 2.75) is 12.8 Å². The first-order valence-corrected chi connectivity index (χ1v) is 7.85. The van der Waals surface area contributed by atoms with Crippen LogP contribution in [0.3, 0.4) is 0 Å². The van der Waals surface area contributed by atoms with Crippen molar-refractivity contribution in [1.82, 2.24) is 15.3 Å². The smallest absolute Gasteiger partial charge is 0.228 e. The summed E-state index contributed by atoms with van der Waals surface area (Å²) < 4.78 is 18.8. The van der Waals surface area contributed by atoms with Gasteiger partial charge in [-0.2, -0.15) is 0 Å². The summed E-state index contributed by atoms with van der Waals surface area (Å²) in [7, 11) is 1.51. The van der Waals surface area contributed by atoms with Gasteiger partial charge in [-0.25, -0.2) is 14.4 Å². The molecule has 1 aromatic heterocycles. The highest BCUT2D eigenvalue weighted by molar-refractivity contribution is 5.92. The van der Waals surface area contributed by atoms with Crippen molar-refractivity contribution in [3.05, 3.63) is 36.4 Å². The van der Waals surface area contributed by atoms with E-state index in [9.17, 15) is 9.18 Å². The number of carbonyl (C=O) groups excluding carboxylic acids is 1. The summed E-state index contributed by atoms with van der Waals surface area (Å²) >= 11 is 0. The van der Waals surface area contributed by atoms with Crippen LogP contribution in [0.4, 0.5) is 10.2 Å². The Morgan fingerprint density at radius 2 is 2.08 bits per heavy atom. The summed E-state index contributed by atoms with van der Waals surface area (Å²) in [4.78, 5) is 20.6. The van der Waals surface area contributed by atoms with Crippen LogP contribution in [0.15, 0.2) is 30.6 Å². The molecule has 1 fully saturated rings. The Labute approximate surface area is 139 Å². The minimum Gasteiger partial charge on any atom is -0.496 e. The second-order valence-electron chi connectivity index (χ2n) is 5.65. The molecular formula is C17H19FN4O2. The van der Waals surface area contributed by atoms with E-state index in [4.69, 9.17) is 4.74 Å². The van der Waals surface area contributed by atoms with E-state index >= 15 is 0 Å². The molecule has 6 nitrogen and oxygen atoms in total. The lowest BCUT2D eigenvalue weighted by Gasteiger charge is -2.21. The predicted molar refractivity (Wildman–Crippen MR) is 88.2 cm³/mol. The molecule has 7 heteroatoms. The fraction of sp³-hybridized carbons (Fsp3) is 0.353. The molecule has 0 radical (unpaired) electrons. The van der Waals surface area contributed by atoms with Gasteiger partial charge in [-0.3, -0.25) is 4.79 Å². The lowest BCUT2D eigenvalue weighted by Crippen LogP contribution is -2.34. The third kappa shape index (κ3) is 3.68. The topological polar surface area (TPSA) is 76.1 Å². The van der Waals surface area contributed by atoms with Gasteiger partial charge in [-0.15, -0.1) is 0 Å². The number of ether oxygens (including phenoxy) is 1. The zero-order valence-corrected chi connectivity index (χ0v) is 13.4. The van der Waals surface area contributed by atoms with Crippen molar-refractivity contribution in [2.24, 2.45) is 5.92 Å². The van der Waals surface area contributed by atoms with Gasteiger partial charge in [0.15, 0.2) is 0 Å². The van der Waals surface area contributed by atoms with Crippen LogP contribution in [-0.2, 0) is 4.79 Å². The number of hydrogen-bond donors (Lipinski definition) is 2. The summed E-state index contributed by atoms with van der Waals surface area (Å²) in [6.07, 6.45) is 2.96. The quantitative estimate of drug-likeness (QED) is 0.899. The molecule has 2 aromatic rings. The second-order valence-corrected chi connectivity index (χ2v) is 5.65. The zero-order chi connectivity index (χ0) is 16.9. The maximum Gasteiger partial charge on any atom is 0.228 e. The zero-order valence-electron chi connectivity index (χ0n) is 13.4. The second kappa shape index (κ2) is 7.35. The number of anilines is 1. The lowest BCUT2D eigenvalue weighted by molar-refractivity contribution is -0.120. The third-order valence-corrected chi connectivity index (χ3v) is 4.07. The number of rotatable bonds is 4. The Hall–Kier alpha value is -2.54. The van der Waals surface area contributed by atoms with Gasteiger partial charge in [0.2, 0.25) is 5.91 Å². The summed E-state index contributed by atoms with van der Waals surface area (Å²) in [6, 6.07) is 5.83. The molecule has 24 heavy (non-hydrogen) atoms. The molecule has 3 rings (SSSR count). The first-order valence-electron chi connectivity index (χ1n) is 7.85. The van der Waals surface area contributed by atoms with Gasteiger partial charge in [-0.05, 0) is 44.1 Å². The fourth-order valence-corrected chi connectivity index (χ4v) is 2.77. The molecule has 1 aromatic carbocycles. The van der Waals surface area contributed by atoms with E-state index in [2.05, 4.69) is 20.6 Å². The number of benzene rings is 1. The van der Waals surface area contributed by atoms with E-state index in [-0.39, 0.29) is 17.6 Å². The number of hydrogen-bond acceptors (Lipinski definition) is 5. The molecule has 2 heterocycles. The number of halogens is 1.